The number of rotatable bonds is 6. The molecule has 0 radical (unpaired) electrons. The summed E-state index contributed by atoms with van der Waals surface area (Å²) >= 11 is 0. The van der Waals surface area contributed by atoms with Crippen molar-refractivity contribution in [2.24, 2.45) is 0 Å². The second-order valence-electron chi connectivity index (χ2n) is 4.39. The van der Waals surface area contributed by atoms with Crippen molar-refractivity contribution in [2.75, 3.05) is 6.54 Å². The number of nitrogens with one attached hydrogen (secondary N) is 1. The molecule has 0 heterocycles. The predicted octanol–water partition coefficient (Wildman–Crippen LogP) is 1.43. The van der Waals surface area contributed by atoms with Gasteiger partial charge in [-0.3, -0.25) is 4.79 Å². The van der Waals surface area contributed by atoms with Gasteiger partial charge in [0.15, 0.2) is 0 Å². The van der Waals surface area contributed by atoms with Crippen LogP contribution in [-0.2, 0) is 4.79 Å². The Morgan fingerprint density at radius 2 is 2.12 bits per heavy atom. The van der Waals surface area contributed by atoms with E-state index in [0.717, 1.165) is 25.7 Å². The molecule has 1 aliphatic carbocycles. The van der Waals surface area contributed by atoms with Crippen LogP contribution in [0.15, 0.2) is 0 Å². The van der Waals surface area contributed by atoms with Crippen molar-refractivity contribution in [3.63, 3.8) is 0 Å². The molecule has 0 saturated heterocycles. The van der Waals surface area contributed by atoms with Crippen molar-refractivity contribution >= 4 is 12.0 Å². The highest BCUT2D eigenvalue weighted by molar-refractivity contribution is 5.80. The summed E-state index contributed by atoms with van der Waals surface area (Å²) in [5.41, 5.74) is 0. The van der Waals surface area contributed by atoms with Crippen molar-refractivity contribution in [1.82, 2.24) is 10.2 Å². The Hall–Kier alpha value is -1.26. The number of carboxylic acids is 1. The third-order valence-electron chi connectivity index (χ3n) is 2.65. The first kappa shape index (κ1) is 12.8. The lowest BCUT2D eigenvalue weighted by atomic mass is 10.2. The second-order valence-corrected chi connectivity index (χ2v) is 4.39. The number of carbonyl (C=O) groups is 2. The van der Waals surface area contributed by atoms with Gasteiger partial charge in [-0.1, -0.05) is 13.3 Å². The minimum atomic E-state index is -0.954. The first-order chi connectivity index (χ1) is 7.54. The standard InChI is InChI=1S/C11H20N2O3/c1-3-4-8(2)12-11(16)13(7-10(14)15)9-5-6-9/h8-9H,3-7H2,1-2H3,(H,12,16)(H,14,15). The zero-order valence-corrected chi connectivity index (χ0v) is 9.90. The lowest BCUT2D eigenvalue weighted by Crippen LogP contribution is -2.47. The third-order valence-corrected chi connectivity index (χ3v) is 2.65. The molecule has 1 saturated carbocycles. The summed E-state index contributed by atoms with van der Waals surface area (Å²) in [4.78, 5) is 23.9. The van der Waals surface area contributed by atoms with E-state index >= 15 is 0 Å². The molecule has 0 aliphatic heterocycles. The molecule has 16 heavy (non-hydrogen) atoms. The minimum absolute atomic E-state index is 0.104. The van der Waals surface area contributed by atoms with Crippen molar-refractivity contribution in [2.45, 2.75) is 51.6 Å². The Morgan fingerprint density at radius 1 is 1.50 bits per heavy atom. The molecule has 5 nitrogen and oxygen atoms in total. The van der Waals surface area contributed by atoms with Crippen LogP contribution >= 0.6 is 0 Å². The summed E-state index contributed by atoms with van der Waals surface area (Å²) < 4.78 is 0. The van der Waals surface area contributed by atoms with E-state index in [1.165, 1.54) is 4.90 Å². The number of hydrogen-bond acceptors (Lipinski definition) is 2. The summed E-state index contributed by atoms with van der Waals surface area (Å²) in [7, 11) is 0. The lowest BCUT2D eigenvalue weighted by Gasteiger charge is -2.23. The maximum Gasteiger partial charge on any atom is 0.323 e. The SMILES string of the molecule is CCCC(C)NC(=O)N(CC(=O)O)C1CC1. The van der Waals surface area contributed by atoms with E-state index in [-0.39, 0.29) is 24.7 Å². The van der Waals surface area contributed by atoms with Crippen molar-refractivity contribution in [3.8, 4) is 0 Å². The zero-order valence-electron chi connectivity index (χ0n) is 9.90. The minimum Gasteiger partial charge on any atom is -0.480 e. The molecule has 5 heteroatoms. The van der Waals surface area contributed by atoms with Crippen molar-refractivity contribution in [1.29, 1.82) is 0 Å². The molecule has 1 rings (SSSR count). The molecule has 1 atom stereocenters. The van der Waals surface area contributed by atoms with Gasteiger partial charge < -0.3 is 15.3 Å². The Balaban J connectivity index is 2.44. The van der Waals surface area contributed by atoms with Crippen LogP contribution in [0, 0.1) is 0 Å². The van der Waals surface area contributed by atoms with Gasteiger partial charge in [0.1, 0.15) is 6.54 Å². The maximum absolute atomic E-state index is 11.8. The number of nitrogens with zero attached hydrogens (tertiary/aromatic N) is 1. The molecule has 0 aromatic carbocycles. The van der Waals surface area contributed by atoms with E-state index in [1.807, 2.05) is 6.92 Å². The van der Waals surface area contributed by atoms with E-state index in [0.29, 0.717) is 0 Å². The quantitative estimate of drug-likeness (QED) is 0.722. The summed E-state index contributed by atoms with van der Waals surface area (Å²) in [5.74, 6) is -0.954. The van der Waals surface area contributed by atoms with Crippen LogP contribution in [0.5, 0.6) is 0 Å². The van der Waals surface area contributed by atoms with Gasteiger partial charge in [0.25, 0.3) is 0 Å². The fourth-order valence-electron chi connectivity index (χ4n) is 1.70. The second kappa shape index (κ2) is 5.72. The summed E-state index contributed by atoms with van der Waals surface area (Å²) in [6.07, 6.45) is 3.76. The van der Waals surface area contributed by atoms with E-state index in [9.17, 15) is 9.59 Å². The van der Waals surface area contributed by atoms with E-state index < -0.39 is 5.97 Å². The third kappa shape index (κ3) is 4.08. The molecule has 0 bridgehead atoms. The molecule has 0 aromatic heterocycles. The predicted molar refractivity (Wildman–Crippen MR) is 60.3 cm³/mol. The Morgan fingerprint density at radius 3 is 2.56 bits per heavy atom. The van der Waals surface area contributed by atoms with Crippen LogP contribution in [0.25, 0.3) is 0 Å². The smallest absolute Gasteiger partial charge is 0.323 e. The Bertz CT molecular complexity index is 264. The molecule has 0 spiro atoms. The highest BCUT2D eigenvalue weighted by Crippen LogP contribution is 2.26. The molecule has 1 unspecified atom stereocenters. The average Bonchev–Trinajstić information content (AvgIpc) is 2.97. The fraction of sp³-hybridized carbons (Fsp3) is 0.818. The van der Waals surface area contributed by atoms with Crippen LogP contribution in [-0.4, -0.2) is 40.6 Å². The normalized spacial score (nSPS) is 16.6. The molecule has 2 N–H and O–H groups in total. The molecule has 1 fully saturated rings. The van der Waals surface area contributed by atoms with Crippen molar-refractivity contribution < 1.29 is 14.7 Å². The first-order valence-corrected chi connectivity index (χ1v) is 5.83. The Kier molecular flexibility index (Phi) is 4.58. The van der Waals surface area contributed by atoms with Gasteiger partial charge in [0.05, 0.1) is 0 Å². The van der Waals surface area contributed by atoms with E-state index in [4.69, 9.17) is 5.11 Å². The largest absolute Gasteiger partial charge is 0.480 e. The number of urea groups is 1. The highest BCUT2D eigenvalue weighted by Gasteiger charge is 2.34. The fourth-order valence-corrected chi connectivity index (χ4v) is 1.70. The van der Waals surface area contributed by atoms with Gasteiger partial charge in [-0.25, -0.2) is 4.79 Å². The molecular weight excluding hydrogens is 208 g/mol. The number of amides is 2. The average molecular weight is 228 g/mol. The van der Waals surface area contributed by atoms with Gasteiger partial charge in [0.2, 0.25) is 0 Å². The Labute approximate surface area is 95.8 Å². The number of carboxylic acid groups (broad SMARTS) is 1. The lowest BCUT2D eigenvalue weighted by molar-refractivity contribution is -0.137. The van der Waals surface area contributed by atoms with Crippen molar-refractivity contribution in [3.05, 3.63) is 0 Å². The van der Waals surface area contributed by atoms with Crippen LogP contribution in [0.3, 0.4) is 0 Å². The van der Waals surface area contributed by atoms with Crippen LogP contribution in [0.2, 0.25) is 0 Å². The molecule has 2 amide bonds. The van der Waals surface area contributed by atoms with Gasteiger partial charge in [-0.05, 0) is 26.2 Å². The zero-order chi connectivity index (χ0) is 12.1. The van der Waals surface area contributed by atoms with Gasteiger partial charge in [0, 0.05) is 12.1 Å². The van der Waals surface area contributed by atoms with E-state index in [2.05, 4.69) is 12.2 Å². The summed E-state index contributed by atoms with van der Waals surface area (Å²) in [6, 6.07) is -0.0108. The number of hydrogen-bond donors (Lipinski definition) is 2. The molecular formula is C11H20N2O3. The van der Waals surface area contributed by atoms with Crippen LogP contribution in [0.1, 0.15) is 39.5 Å². The number of carbonyl (C=O) groups excluding carboxylic acids is 1. The summed E-state index contributed by atoms with van der Waals surface area (Å²) in [6.45, 7) is 3.79. The van der Waals surface area contributed by atoms with Gasteiger partial charge in [-0.15, -0.1) is 0 Å². The molecule has 0 aromatic rings. The van der Waals surface area contributed by atoms with Gasteiger partial charge >= 0.3 is 12.0 Å². The van der Waals surface area contributed by atoms with Gasteiger partial charge in [-0.2, -0.15) is 0 Å². The maximum atomic E-state index is 11.8. The highest BCUT2D eigenvalue weighted by atomic mass is 16.4. The monoisotopic (exact) mass is 228 g/mol. The van der Waals surface area contributed by atoms with E-state index in [1.54, 1.807) is 0 Å². The summed E-state index contributed by atoms with van der Waals surface area (Å²) in [5, 5.41) is 11.6. The topological polar surface area (TPSA) is 69.6 Å². The first-order valence-electron chi connectivity index (χ1n) is 5.83. The number of aliphatic carboxylic acids is 1. The molecule has 92 valence electrons. The van der Waals surface area contributed by atoms with Crippen LogP contribution < -0.4 is 5.32 Å². The van der Waals surface area contributed by atoms with Crippen LogP contribution in [0.4, 0.5) is 4.79 Å². The molecule has 1 aliphatic rings.